The number of hydrogen-bond donors (Lipinski definition) is 1. The van der Waals surface area contributed by atoms with Gasteiger partial charge in [-0.1, -0.05) is 13.8 Å². The summed E-state index contributed by atoms with van der Waals surface area (Å²) in [5, 5.41) is 11.6. The molecule has 0 aromatic carbocycles. The molecule has 1 aliphatic heterocycles. The number of aryl methyl sites for hydroxylation is 1. The van der Waals surface area contributed by atoms with Gasteiger partial charge in [-0.3, -0.25) is 4.79 Å². The van der Waals surface area contributed by atoms with Gasteiger partial charge in [-0.05, 0) is 38.2 Å². The van der Waals surface area contributed by atoms with Crippen molar-refractivity contribution in [3.63, 3.8) is 0 Å². The van der Waals surface area contributed by atoms with Crippen molar-refractivity contribution in [2.45, 2.75) is 39.7 Å². The zero-order chi connectivity index (χ0) is 16.2. The SMILES string of the molecule is CSCC(C)(C)C(=O)N[C@@H]1CCCN(c2ccc(C)nn2)C1. The fraction of sp³-hybridized carbons (Fsp3) is 0.688. The van der Waals surface area contributed by atoms with Gasteiger partial charge in [-0.15, -0.1) is 5.10 Å². The topological polar surface area (TPSA) is 58.1 Å². The second-order valence-corrected chi connectivity index (χ2v) is 7.47. The van der Waals surface area contributed by atoms with Crippen molar-refractivity contribution in [2.75, 3.05) is 30.0 Å². The summed E-state index contributed by atoms with van der Waals surface area (Å²) < 4.78 is 0. The van der Waals surface area contributed by atoms with E-state index in [1.807, 2.05) is 39.2 Å². The number of hydrogen-bond acceptors (Lipinski definition) is 5. The van der Waals surface area contributed by atoms with Crippen LogP contribution in [-0.2, 0) is 4.79 Å². The fourth-order valence-corrected chi connectivity index (χ4v) is 3.52. The predicted molar refractivity (Wildman–Crippen MR) is 92.3 cm³/mol. The van der Waals surface area contributed by atoms with Gasteiger partial charge in [0, 0.05) is 24.9 Å². The minimum atomic E-state index is -0.328. The highest BCUT2D eigenvalue weighted by atomic mass is 32.2. The maximum Gasteiger partial charge on any atom is 0.226 e. The quantitative estimate of drug-likeness (QED) is 0.901. The van der Waals surface area contributed by atoms with Gasteiger partial charge in [0.2, 0.25) is 5.91 Å². The first-order valence-corrected chi connectivity index (χ1v) is 9.17. The van der Waals surface area contributed by atoms with Crippen LogP contribution in [0, 0.1) is 12.3 Å². The van der Waals surface area contributed by atoms with Gasteiger partial charge in [0.25, 0.3) is 0 Å². The van der Waals surface area contributed by atoms with E-state index in [0.717, 1.165) is 43.2 Å². The number of nitrogens with one attached hydrogen (secondary N) is 1. The van der Waals surface area contributed by atoms with Crippen LogP contribution in [0.25, 0.3) is 0 Å². The number of amides is 1. The molecule has 122 valence electrons. The third-order valence-electron chi connectivity index (χ3n) is 3.98. The summed E-state index contributed by atoms with van der Waals surface area (Å²) in [6.45, 7) is 7.72. The molecule has 0 aliphatic carbocycles. The van der Waals surface area contributed by atoms with Crippen LogP contribution in [0.3, 0.4) is 0 Å². The van der Waals surface area contributed by atoms with Crippen molar-refractivity contribution in [3.05, 3.63) is 17.8 Å². The van der Waals surface area contributed by atoms with Gasteiger partial charge in [0.15, 0.2) is 5.82 Å². The molecule has 1 atom stereocenters. The summed E-state index contributed by atoms with van der Waals surface area (Å²) in [6, 6.07) is 4.17. The van der Waals surface area contributed by atoms with E-state index in [2.05, 4.69) is 20.4 Å². The maximum atomic E-state index is 12.4. The lowest BCUT2D eigenvalue weighted by Crippen LogP contribution is -2.51. The molecular weight excluding hydrogens is 296 g/mol. The van der Waals surface area contributed by atoms with E-state index in [1.165, 1.54) is 0 Å². The standard InChI is InChI=1S/C16H26N4OS/c1-12-7-8-14(19-18-12)20-9-5-6-13(10-20)17-15(21)16(2,3)11-22-4/h7-8,13H,5-6,9-11H2,1-4H3,(H,17,21)/t13-/m1/s1. The first-order valence-electron chi connectivity index (χ1n) is 7.77. The molecule has 2 heterocycles. The molecule has 1 aliphatic rings. The summed E-state index contributed by atoms with van der Waals surface area (Å²) in [4.78, 5) is 14.7. The van der Waals surface area contributed by atoms with E-state index < -0.39 is 0 Å². The van der Waals surface area contributed by atoms with Crippen molar-refractivity contribution >= 4 is 23.5 Å². The molecule has 2 rings (SSSR count). The van der Waals surface area contributed by atoms with Crippen molar-refractivity contribution in [3.8, 4) is 0 Å². The second-order valence-electron chi connectivity index (χ2n) is 6.61. The van der Waals surface area contributed by atoms with E-state index in [-0.39, 0.29) is 17.4 Å². The fourth-order valence-electron chi connectivity index (χ4n) is 2.67. The Morgan fingerprint density at radius 2 is 2.23 bits per heavy atom. The van der Waals surface area contributed by atoms with Crippen LogP contribution >= 0.6 is 11.8 Å². The highest BCUT2D eigenvalue weighted by Gasteiger charge is 2.30. The molecule has 0 saturated carbocycles. The monoisotopic (exact) mass is 322 g/mol. The Balaban J connectivity index is 1.96. The zero-order valence-electron chi connectivity index (χ0n) is 13.9. The van der Waals surface area contributed by atoms with E-state index in [0.29, 0.717) is 0 Å². The lowest BCUT2D eigenvalue weighted by Gasteiger charge is -2.35. The molecular formula is C16H26N4OS. The van der Waals surface area contributed by atoms with Crippen LogP contribution < -0.4 is 10.2 Å². The van der Waals surface area contributed by atoms with E-state index in [1.54, 1.807) is 11.8 Å². The minimum absolute atomic E-state index is 0.142. The smallest absolute Gasteiger partial charge is 0.226 e. The van der Waals surface area contributed by atoms with Crippen molar-refractivity contribution in [1.82, 2.24) is 15.5 Å². The molecule has 0 unspecified atom stereocenters. The predicted octanol–water partition coefficient (Wildman–Crippen LogP) is 2.26. The Hall–Kier alpha value is -1.30. The number of carbonyl (C=O) groups excluding carboxylic acids is 1. The molecule has 1 aromatic heterocycles. The van der Waals surface area contributed by atoms with Gasteiger partial charge in [-0.2, -0.15) is 16.9 Å². The Morgan fingerprint density at radius 1 is 1.45 bits per heavy atom. The van der Waals surface area contributed by atoms with Gasteiger partial charge in [-0.25, -0.2) is 0 Å². The highest BCUT2D eigenvalue weighted by Crippen LogP contribution is 2.22. The molecule has 22 heavy (non-hydrogen) atoms. The third kappa shape index (κ3) is 4.35. The highest BCUT2D eigenvalue weighted by molar-refractivity contribution is 7.98. The minimum Gasteiger partial charge on any atom is -0.353 e. The molecule has 0 radical (unpaired) electrons. The summed E-state index contributed by atoms with van der Waals surface area (Å²) in [6.07, 6.45) is 4.12. The molecule has 6 heteroatoms. The molecule has 1 N–H and O–H groups in total. The first kappa shape index (κ1) is 17.1. The van der Waals surface area contributed by atoms with Gasteiger partial charge in [0.1, 0.15) is 0 Å². The van der Waals surface area contributed by atoms with Crippen LogP contribution in [0.1, 0.15) is 32.4 Å². The van der Waals surface area contributed by atoms with E-state index in [4.69, 9.17) is 0 Å². The van der Waals surface area contributed by atoms with E-state index >= 15 is 0 Å². The lowest BCUT2D eigenvalue weighted by molar-refractivity contribution is -0.129. The first-order chi connectivity index (χ1) is 10.4. The summed E-state index contributed by atoms with van der Waals surface area (Å²) in [5.74, 6) is 1.87. The molecule has 1 saturated heterocycles. The number of rotatable bonds is 5. The number of nitrogens with zero attached hydrogens (tertiary/aromatic N) is 3. The average Bonchev–Trinajstić information content (AvgIpc) is 2.48. The Kier molecular flexibility index (Phi) is 5.67. The molecule has 5 nitrogen and oxygen atoms in total. The Morgan fingerprint density at radius 3 is 2.86 bits per heavy atom. The molecule has 1 aromatic rings. The van der Waals surface area contributed by atoms with Gasteiger partial charge < -0.3 is 10.2 Å². The van der Waals surface area contributed by atoms with Crippen LogP contribution in [0.4, 0.5) is 5.82 Å². The summed E-state index contributed by atoms with van der Waals surface area (Å²) in [5.41, 5.74) is 0.593. The maximum absolute atomic E-state index is 12.4. The normalized spacial score (nSPS) is 19.1. The molecule has 0 bridgehead atoms. The molecule has 0 spiro atoms. The second kappa shape index (κ2) is 7.31. The summed E-state index contributed by atoms with van der Waals surface area (Å²) in [7, 11) is 0. The average molecular weight is 322 g/mol. The molecule has 1 amide bonds. The number of aromatic nitrogens is 2. The van der Waals surface area contributed by atoms with Gasteiger partial charge in [0.05, 0.1) is 11.1 Å². The number of anilines is 1. The number of carbonyl (C=O) groups is 1. The Labute approximate surface area is 137 Å². The number of thioether (sulfide) groups is 1. The van der Waals surface area contributed by atoms with Gasteiger partial charge >= 0.3 is 0 Å². The molecule has 1 fully saturated rings. The largest absolute Gasteiger partial charge is 0.353 e. The van der Waals surface area contributed by atoms with Crippen molar-refractivity contribution in [2.24, 2.45) is 5.41 Å². The van der Waals surface area contributed by atoms with Crippen LogP contribution in [0.5, 0.6) is 0 Å². The Bertz CT molecular complexity index is 503. The zero-order valence-corrected chi connectivity index (χ0v) is 14.7. The van der Waals surface area contributed by atoms with Crippen molar-refractivity contribution < 1.29 is 4.79 Å². The third-order valence-corrected chi connectivity index (χ3v) is 4.99. The van der Waals surface area contributed by atoms with Crippen LogP contribution in [0.15, 0.2) is 12.1 Å². The number of piperidine rings is 1. The van der Waals surface area contributed by atoms with Crippen molar-refractivity contribution in [1.29, 1.82) is 0 Å². The summed E-state index contributed by atoms with van der Waals surface area (Å²) >= 11 is 1.71. The van der Waals surface area contributed by atoms with Crippen LogP contribution in [-0.4, -0.2) is 47.2 Å². The lowest BCUT2D eigenvalue weighted by atomic mass is 9.94. The van der Waals surface area contributed by atoms with Crippen LogP contribution in [0.2, 0.25) is 0 Å². The van der Waals surface area contributed by atoms with E-state index in [9.17, 15) is 4.79 Å².